The van der Waals surface area contributed by atoms with Gasteiger partial charge < -0.3 is 4.57 Å². The fourth-order valence-electron chi connectivity index (χ4n) is 1.46. The summed E-state index contributed by atoms with van der Waals surface area (Å²) in [6, 6.07) is 10.0. The maximum atomic E-state index is 11.8. The van der Waals surface area contributed by atoms with E-state index in [2.05, 4.69) is 15.2 Å². The summed E-state index contributed by atoms with van der Waals surface area (Å²) in [5.41, 5.74) is 3.56. The summed E-state index contributed by atoms with van der Waals surface area (Å²) in [5, 5.41) is 3.51. The minimum atomic E-state index is -3.76. The smallest absolute Gasteiger partial charge is 0.301 e. The van der Waals surface area contributed by atoms with Crippen LogP contribution in [-0.4, -0.2) is 13.0 Å². The highest BCUT2D eigenvalue weighted by atomic mass is 32.2. The number of hydrogen-bond donors (Lipinski definition) is 1. The van der Waals surface area contributed by atoms with Crippen LogP contribution in [0.15, 0.2) is 57.2 Å². The SMILES string of the molecule is Cc1ccc(S(=O)(=O)N=NNc2cccn2C)cc1. The second-order valence-electron chi connectivity index (χ2n) is 4.09. The Labute approximate surface area is 111 Å². The number of sulfonamides is 1. The van der Waals surface area contributed by atoms with Gasteiger partial charge in [-0.15, -0.1) is 0 Å². The van der Waals surface area contributed by atoms with Gasteiger partial charge in [-0.25, -0.2) is 5.43 Å². The van der Waals surface area contributed by atoms with Crippen LogP contribution in [0, 0.1) is 6.92 Å². The molecule has 1 aromatic carbocycles. The number of anilines is 1. The van der Waals surface area contributed by atoms with Crippen molar-refractivity contribution in [2.24, 2.45) is 16.8 Å². The number of nitrogens with zero attached hydrogens (tertiary/aromatic N) is 3. The van der Waals surface area contributed by atoms with Gasteiger partial charge in [-0.3, -0.25) is 0 Å². The Bertz CT molecular complexity index is 687. The molecule has 19 heavy (non-hydrogen) atoms. The van der Waals surface area contributed by atoms with Crippen molar-refractivity contribution in [2.75, 3.05) is 5.43 Å². The van der Waals surface area contributed by atoms with E-state index in [0.717, 1.165) is 5.56 Å². The van der Waals surface area contributed by atoms with E-state index < -0.39 is 10.0 Å². The zero-order valence-corrected chi connectivity index (χ0v) is 11.4. The van der Waals surface area contributed by atoms with Gasteiger partial charge in [0, 0.05) is 13.2 Å². The summed E-state index contributed by atoms with van der Waals surface area (Å²) < 4.78 is 28.8. The van der Waals surface area contributed by atoms with Crippen molar-refractivity contribution in [3.8, 4) is 0 Å². The number of aromatic nitrogens is 1. The lowest BCUT2D eigenvalue weighted by molar-refractivity contribution is 0.595. The molecule has 0 aliphatic rings. The van der Waals surface area contributed by atoms with Crippen LogP contribution in [0.1, 0.15) is 5.56 Å². The van der Waals surface area contributed by atoms with Gasteiger partial charge in [0.15, 0.2) is 0 Å². The Morgan fingerprint density at radius 3 is 2.42 bits per heavy atom. The van der Waals surface area contributed by atoms with Gasteiger partial charge in [-0.05, 0) is 35.7 Å². The Balaban J connectivity index is 2.13. The first-order chi connectivity index (χ1) is 8.99. The van der Waals surface area contributed by atoms with E-state index in [0.29, 0.717) is 5.82 Å². The van der Waals surface area contributed by atoms with Crippen LogP contribution in [0.25, 0.3) is 0 Å². The zero-order chi connectivity index (χ0) is 13.9. The van der Waals surface area contributed by atoms with E-state index in [1.807, 2.05) is 26.2 Å². The minimum absolute atomic E-state index is 0.121. The first kappa shape index (κ1) is 13.3. The van der Waals surface area contributed by atoms with Crippen molar-refractivity contribution < 1.29 is 8.42 Å². The Morgan fingerprint density at radius 1 is 1.16 bits per heavy atom. The second kappa shape index (κ2) is 5.23. The van der Waals surface area contributed by atoms with Crippen LogP contribution in [-0.2, 0) is 17.1 Å². The Morgan fingerprint density at radius 2 is 1.84 bits per heavy atom. The molecule has 0 radical (unpaired) electrons. The van der Waals surface area contributed by atoms with Crippen LogP contribution in [0.2, 0.25) is 0 Å². The predicted molar refractivity (Wildman–Crippen MR) is 72.3 cm³/mol. The highest BCUT2D eigenvalue weighted by Gasteiger charge is 2.12. The molecule has 0 aliphatic carbocycles. The summed E-state index contributed by atoms with van der Waals surface area (Å²) >= 11 is 0. The van der Waals surface area contributed by atoms with Crippen LogP contribution in [0.3, 0.4) is 0 Å². The fraction of sp³-hybridized carbons (Fsp3) is 0.167. The lowest BCUT2D eigenvalue weighted by Gasteiger charge is -2.01. The van der Waals surface area contributed by atoms with Gasteiger partial charge in [0.25, 0.3) is 0 Å². The molecule has 0 saturated carbocycles. The van der Waals surface area contributed by atoms with Gasteiger partial charge in [0.2, 0.25) is 0 Å². The molecule has 7 heteroatoms. The van der Waals surface area contributed by atoms with Crippen LogP contribution in [0.4, 0.5) is 5.82 Å². The summed E-state index contributed by atoms with van der Waals surface area (Å²) in [6.07, 6.45) is 1.81. The van der Waals surface area contributed by atoms with Crippen molar-refractivity contribution in [1.29, 1.82) is 0 Å². The molecule has 6 nitrogen and oxygen atoms in total. The van der Waals surface area contributed by atoms with Crippen molar-refractivity contribution in [1.82, 2.24) is 4.57 Å². The molecule has 0 amide bonds. The maximum absolute atomic E-state index is 11.8. The molecule has 0 unspecified atom stereocenters. The highest BCUT2D eigenvalue weighted by Crippen LogP contribution is 2.14. The molecule has 0 fully saturated rings. The third-order valence-electron chi connectivity index (χ3n) is 2.58. The van der Waals surface area contributed by atoms with E-state index in [-0.39, 0.29) is 4.90 Å². The van der Waals surface area contributed by atoms with E-state index in [1.54, 1.807) is 22.8 Å². The van der Waals surface area contributed by atoms with Crippen LogP contribution in [0.5, 0.6) is 0 Å². The first-order valence-corrected chi connectivity index (χ1v) is 7.04. The number of aryl methyl sites for hydroxylation is 2. The zero-order valence-electron chi connectivity index (χ0n) is 10.6. The summed E-state index contributed by atoms with van der Waals surface area (Å²) in [6.45, 7) is 1.88. The molecule has 2 rings (SSSR count). The molecule has 1 aromatic heterocycles. The van der Waals surface area contributed by atoms with E-state index in [9.17, 15) is 8.42 Å². The van der Waals surface area contributed by atoms with Crippen LogP contribution >= 0.6 is 0 Å². The fourth-order valence-corrected chi connectivity index (χ4v) is 2.18. The molecule has 0 saturated heterocycles. The third-order valence-corrected chi connectivity index (χ3v) is 3.74. The lowest BCUT2D eigenvalue weighted by atomic mass is 10.2. The molecule has 2 aromatic rings. The molecule has 1 N–H and O–H groups in total. The Hall–Kier alpha value is -2.15. The standard InChI is InChI=1S/C12H14N4O2S/c1-10-5-7-11(8-6-10)19(17,18)15-14-13-12-4-3-9-16(12)2/h3-9H,1-2H3,(H,13,15). The van der Waals surface area contributed by atoms with Crippen molar-refractivity contribution in [2.45, 2.75) is 11.8 Å². The second-order valence-corrected chi connectivity index (χ2v) is 5.67. The first-order valence-electron chi connectivity index (χ1n) is 5.60. The highest BCUT2D eigenvalue weighted by molar-refractivity contribution is 7.90. The molecule has 0 atom stereocenters. The average Bonchev–Trinajstić information content (AvgIpc) is 2.75. The number of hydrogen-bond acceptors (Lipinski definition) is 3. The third kappa shape index (κ3) is 3.19. The maximum Gasteiger partial charge on any atom is 0.301 e. The van der Waals surface area contributed by atoms with E-state index >= 15 is 0 Å². The van der Waals surface area contributed by atoms with Crippen molar-refractivity contribution in [3.63, 3.8) is 0 Å². The topological polar surface area (TPSA) is 75.8 Å². The largest absolute Gasteiger partial charge is 0.336 e. The predicted octanol–water partition coefficient (Wildman–Crippen LogP) is 2.50. The monoisotopic (exact) mass is 278 g/mol. The lowest BCUT2D eigenvalue weighted by Crippen LogP contribution is -1.99. The molecule has 1 heterocycles. The van der Waals surface area contributed by atoms with Gasteiger partial charge in [-0.1, -0.05) is 22.9 Å². The van der Waals surface area contributed by atoms with Gasteiger partial charge in [-0.2, -0.15) is 8.42 Å². The molecular weight excluding hydrogens is 264 g/mol. The Kier molecular flexibility index (Phi) is 3.66. The molecule has 100 valence electrons. The average molecular weight is 278 g/mol. The normalized spacial score (nSPS) is 11.9. The van der Waals surface area contributed by atoms with Gasteiger partial charge in [0.1, 0.15) is 5.82 Å². The molecule has 0 spiro atoms. The van der Waals surface area contributed by atoms with Crippen molar-refractivity contribution >= 4 is 15.8 Å². The number of nitrogens with one attached hydrogen (secondary N) is 1. The molecule has 0 bridgehead atoms. The minimum Gasteiger partial charge on any atom is -0.336 e. The summed E-state index contributed by atoms with van der Waals surface area (Å²) in [5.74, 6) is 0.655. The molecular formula is C12H14N4O2S. The van der Waals surface area contributed by atoms with Gasteiger partial charge >= 0.3 is 10.0 Å². The van der Waals surface area contributed by atoms with Crippen molar-refractivity contribution in [3.05, 3.63) is 48.2 Å². The number of rotatable bonds is 4. The van der Waals surface area contributed by atoms with Crippen LogP contribution < -0.4 is 5.43 Å². The van der Waals surface area contributed by atoms with E-state index in [1.165, 1.54) is 12.1 Å². The molecule has 0 aliphatic heterocycles. The summed E-state index contributed by atoms with van der Waals surface area (Å²) in [7, 11) is -1.94. The van der Waals surface area contributed by atoms with E-state index in [4.69, 9.17) is 0 Å². The summed E-state index contributed by atoms with van der Waals surface area (Å²) in [4.78, 5) is 0.121. The quantitative estimate of drug-likeness (QED) is 0.689. The van der Waals surface area contributed by atoms with Gasteiger partial charge in [0.05, 0.1) is 4.90 Å². The number of benzene rings is 1.